The summed E-state index contributed by atoms with van der Waals surface area (Å²) >= 11 is 0. The summed E-state index contributed by atoms with van der Waals surface area (Å²) in [7, 11) is 0. The third-order valence-electron chi connectivity index (χ3n) is 2.35. The Morgan fingerprint density at radius 2 is 1.61 bits per heavy atom. The fourth-order valence-corrected chi connectivity index (χ4v) is 1.39. The van der Waals surface area contributed by atoms with E-state index in [2.05, 4.69) is 0 Å². The van der Waals surface area contributed by atoms with Gasteiger partial charge < -0.3 is 46.0 Å². The average molecular weight is 428 g/mol. The Hall–Kier alpha value is -2.38. The van der Waals surface area contributed by atoms with Crippen LogP contribution in [0.15, 0.2) is 18.2 Å². The Bertz CT molecular complexity index is 588. The molecule has 1 aromatic carbocycles. The number of aliphatic hydroxyl groups is 2. The van der Waals surface area contributed by atoms with Crippen molar-refractivity contribution in [3.63, 3.8) is 0 Å². The molecular formula is C10H10AgNO11. The minimum absolute atomic E-state index is 0. The molecule has 2 unspecified atom stereocenters. The number of carboxylic acids is 2. The van der Waals surface area contributed by atoms with Crippen molar-refractivity contribution in [3.8, 4) is 11.5 Å². The number of aromatic hydroxyl groups is 2. The number of aliphatic hydroxyl groups excluding tert-OH is 1. The number of hydrogen-bond acceptors (Lipinski definition) is 9. The van der Waals surface area contributed by atoms with E-state index < -0.39 is 45.8 Å². The van der Waals surface area contributed by atoms with E-state index in [4.69, 9.17) is 30.6 Å². The number of phenolic OH excluding ortho intramolecular Hbond substituents is 2. The summed E-state index contributed by atoms with van der Waals surface area (Å²) < 4.78 is 0. The van der Waals surface area contributed by atoms with Crippen molar-refractivity contribution in [1.29, 1.82) is 0 Å². The zero-order valence-electron chi connectivity index (χ0n) is 10.8. The summed E-state index contributed by atoms with van der Waals surface area (Å²) in [6, 6.07) is 2.50. The molecule has 12 nitrogen and oxygen atoms in total. The Kier molecular flexibility index (Phi) is 8.88. The van der Waals surface area contributed by atoms with Gasteiger partial charge in [0.1, 0.15) is 11.5 Å². The van der Waals surface area contributed by atoms with Crippen LogP contribution in [0.1, 0.15) is 5.56 Å². The van der Waals surface area contributed by atoms with E-state index in [1.807, 2.05) is 0 Å². The smallest absolute Gasteiger partial charge is 0.508 e. The fourth-order valence-electron chi connectivity index (χ4n) is 1.39. The van der Waals surface area contributed by atoms with Gasteiger partial charge in [-0.05, 0) is 18.2 Å². The molecule has 0 saturated carbocycles. The van der Waals surface area contributed by atoms with Crippen LogP contribution in [-0.2, 0) is 37.6 Å². The van der Waals surface area contributed by atoms with Crippen molar-refractivity contribution < 1.29 is 67.7 Å². The first-order valence-corrected chi connectivity index (χ1v) is 5.15. The maximum absolute atomic E-state index is 11.0. The van der Waals surface area contributed by atoms with Gasteiger partial charge in [0, 0.05) is 5.56 Å². The number of aliphatic carboxylic acids is 2. The first kappa shape index (κ1) is 22.9. The van der Waals surface area contributed by atoms with Crippen LogP contribution in [0.2, 0.25) is 0 Å². The van der Waals surface area contributed by atoms with Gasteiger partial charge in [-0.15, -0.1) is 0 Å². The normalized spacial score (nSPS) is 13.3. The SMILES string of the molecule is O=C(O)C(O)C(O)(C(=O)O)c1cc(O)ccc1O.O=[N+]([O-])[O-].[Ag+]. The molecule has 0 spiro atoms. The molecule has 1 aromatic rings. The second-order valence-electron chi connectivity index (χ2n) is 3.74. The summed E-state index contributed by atoms with van der Waals surface area (Å²) in [5.41, 5.74) is -4.11. The van der Waals surface area contributed by atoms with Gasteiger partial charge in [0.05, 0.1) is 5.09 Å². The first-order chi connectivity index (χ1) is 9.94. The van der Waals surface area contributed by atoms with Crippen molar-refractivity contribution in [3.05, 3.63) is 39.1 Å². The van der Waals surface area contributed by atoms with Crippen molar-refractivity contribution in [2.45, 2.75) is 11.7 Å². The molecule has 0 aliphatic carbocycles. The summed E-state index contributed by atoms with van der Waals surface area (Å²) in [5.74, 6) is -5.38. The molecule has 23 heavy (non-hydrogen) atoms. The van der Waals surface area contributed by atoms with E-state index in [0.717, 1.165) is 12.1 Å². The molecule has 0 aromatic heterocycles. The van der Waals surface area contributed by atoms with Crippen molar-refractivity contribution >= 4 is 11.9 Å². The summed E-state index contributed by atoms with van der Waals surface area (Å²) in [5, 5.41) is 69.8. The van der Waals surface area contributed by atoms with Crippen LogP contribution in [-0.4, -0.2) is 53.8 Å². The quantitative estimate of drug-likeness (QED) is 0.141. The molecule has 132 valence electrons. The number of phenols is 2. The van der Waals surface area contributed by atoms with E-state index in [0.29, 0.717) is 6.07 Å². The zero-order chi connectivity index (χ0) is 17.7. The van der Waals surface area contributed by atoms with Crippen LogP contribution in [0.4, 0.5) is 0 Å². The average Bonchev–Trinajstić information content (AvgIpc) is 2.38. The predicted molar refractivity (Wildman–Crippen MR) is 65.3 cm³/mol. The van der Waals surface area contributed by atoms with Gasteiger partial charge in [0.15, 0.2) is 6.10 Å². The van der Waals surface area contributed by atoms with Crippen LogP contribution >= 0.6 is 0 Å². The number of carboxylic acid groups (broad SMARTS) is 2. The standard InChI is InChI=1S/C10H10O8.Ag.NO3/c11-4-1-2-6(12)5(3-4)10(18,9(16)17)7(13)8(14)15;;2-1(3)4/h1-3,7,11-13,18H,(H,14,15)(H,16,17);;/q;+1;-1. The van der Waals surface area contributed by atoms with Crippen LogP contribution in [0.5, 0.6) is 11.5 Å². The summed E-state index contributed by atoms with van der Waals surface area (Å²) in [4.78, 5) is 29.8. The Morgan fingerprint density at radius 1 is 1.17 bits per heavy atom. The number of nitrogens with zero attached hydrogens (tertiary/aromatic N) is 1. The predicted octanol–water partition coefficient (Wildman–Crippen LogP) is -1.43. The molecule has 0 radical (unpaired) electrons. The van der Waals surface area contributed by atoms with Gasteiger partial charge >= 0.3 is 34.3 Å². The molecule has 0 heterocycles. The van der Waals surface area contributed by atoms with E-state index in [1.54, 1.807) is 0 Å². The maximum Gasteiger partial charge on any atom is 1.00 e. The van der Waals surface area contributed by atoms with Crippen LogP contribution in [0.25, 0.3) is 0 Å². The number of hydrogen-bond donors (Lipinski definition) is 6. The molecule has 6 N–H and O–H groups in total. The topological polar surface area (TPSA) is 222 Å². The Balaban J connectivity index is 0. The minimum Gasteiger partial charge on any atom is -0.508 e. The van der Waals surface area contributed by atoms with Crippen molar-refractivity contribution in [1.82, 2.24) is 0 Å². The monoisotopic (exact) mass is 427 g/mol. The van der Waals surface area contributed by atoms with E-state index in [1.165, 1.54) is 0 Å². The third-order valence-corrected chi connectivity index (χ3v) is 2.35. The molecule has 13 heteroatoms. The van der Waals surface area contributed by atoms with Gasteiger partial charge in [0.25, 0.3) is 0 Å². The molecule has 2 atom stereocenters. The van der Waals surface area contributed by atoms with Crippen molar-refractivity contribution in [2.75, 3.05) is 0 Å². The molecule has 0 saturated heterocycles. The van der Waals surface area contributed by atoms with E-state index in [-0.39, 0.29) is 22.4 Å². The van der Waals surface area contributed by atoms with Gasteiger partial charge in [-0.2, -0.15) is 0 Å². The third kappa shape index (κ3) is 5.72. The van der Waals surface area contributed by atoms with Crippen LogP contribution < -0.4 is 0 Å². The molecule has 0 bridgehead atoms. The summed E-state index contributed by atoms with van der Waals surface area (Å²) in [6.45, 7) is 0. The van der Waals surface area contributed by atoms with Gasteiger partial charge in [-0.25, -0.2) is 9.59 Å². The largest absolute Gasteiger partial charge is 1.00 e. The first-order valence-electron chi connectivity index (χ1n) is 5.15. The second-order valence-corrected chi connectivity index (χ2v) is 3.74. The maximum atomic E-state index is 11.0. The second kappa shape index (κ2) is 8.92. The Labute approximate surface area is 142 Å². The molecular weight excluding hydrogens is 418 g/mol. The van der Waals surface area contributed by atoms with E-state index >= 15 is 0 Å². The molecule has 1 rings (SSSR count). The number of rotatable bonds is 4. The Morgan fingerprint density at radius 3 is 1.96 bits per heavy atom. The molecule has 0 aliphatic heterocycles. The van der Waals surface area contributed by atoms with Crippen LogP contribution in [0.3, 0.4) is 0 Å². The number of benzene rings is 1. The summed E-state index contributed by atoms with van der Waals surface area (Å²) in [6.07, 6.45) is -2.72. The molecule has 0 fully saturated rings. The minimum atomic E-state index is -3.28. The zero-order valence-corrected chi connectivity index (χ0v) is 12.3. The van der Waals surface area contributed by atoms with Gasteiger partial charge in [0.2, 0.25) is 5.60 Å². The van der Waals surface area contributed by atoms with Crippen molar-refractivity contribution in [2.24, 2.45) is 0 Å². The van der Waals surface area contributed by atoms with Gasteiger partial charge in [-0.1, -0.05) is 0 Å². The van der Waals surface area contributed by atoms with Crippen LogP contribution in [0, 0.1) is 15.3 Å². The van der Waals surface area contributed by atoms with E-state index in [9.17, 15) is 24.9 Å². The molecule has 0 aliphatic rings. The fraction of sp³-hybridized carbons (Fsp3) is 0.200. The number of carbonyl (C=O) groups is 2. The van der Waals surface area contributed by atoms with Gasteiger partial charge in [-0.3, -0.25) is 0 Å². The molecule has 0 amide bonds.